The highest BCUT2D eigenvalue weighted by molar-refractivity contribution is 6.04. The molecule has 7 rings (SSSR count). The Morgan fingerprint density at radius 2 is 0.891 bits per heavy atom. The summed E-state index contributed by atoms with van der Waals surface area (Å²) in [6.07, 6.45) is 15.7. The fraction of sp³-hybridized carbons (Fsp3) is 0.556. The van der Waals surface area contributed by atoms with Gasteiger partial charge in [0, 0.05) is 44.1 Å². The number of amides is 2. The molecule has 2 saturated heterocycles. The topological polar surface area (TPSA) is 102 Å². The summed E-state index contributed by atoms with van der Waals surface area (Å²) in [5.74, 6) is 2.35. The van der Waals surface area contributed by atoms with Gasteiger partial charge in [-0.1, -0.05) is 32.1 Å². The summed E-state index contributed by atoms with van der Waals surface area (Å²) in [5.41, 5.74) is 2.38. The van der Waals surface area contributed by atoms with Gasteiger partial charge < -0.3 is 28.7 Å². The lowest BCUT2D eigenvalue weighted by Crippen LogP contribution is -2.35. The summed E-state index contributed by atoms with van der Waals surface area (Å²) < 4.78 is 25.0. The second-order valence-corrected chi connectivity index (χ2v) is 12.8. The largest absolute Gasteiger partial charge is 0.490 e. The van der Waals surface area contributed by atoms with Crippen LogP contribution in [0.3, 0.4) is 0 Å². The molecule has 5 heterocycles. The maximum Gasteiger partial charge on any atom is 0.256 e. The van der Waals surface area contributed by atoms with Gasteiger partial charge in [0.05, 0.1) is 61.0 Å². The van der Waals surface area contributed by atoms with Crippen molar-refractivity contribution in [2.24, 2.45) is 9.98 Å². The van der Waals surface area contributed by atoms with Crippen molar-refractivity contribution in [3.8, 4) is 23.0 Å². The van der Waals surface area contributed by atoms with Crippen LogP contribution in [-0.2, 0) is 0 Å². The number of benzene rings is 2. The quantitative estimate of drug-likeness (QED) is 0.323. The van der Waals surface area contributed by atoms with Crippen molar-refractivity contribution < 1.29 is 28.5 Å². The summed E-state index contributed by atoms with van der Waals surface area (Å²) in [4.78, 5) is 40.1. The minimum atomic E-state index is 0.00597. The van der Waals surface area contributed by atoms with Gasteiger partial charge in [-0.25, -0.2) is 0 Å². The van der Waals surface area contributed by atoms with E-state index in [-0.39, 0.29) is 23.9 Å². The number of ether oxygens (including phenoxy) is 4. The van der Waals surface area contributed by atoms with Gasteiger partial charge in [-0.2, -0.15) is 0 Å². The number of hydrogen-bond donors (Lipinski definition) is 0. The molecule has 10 heteroatoms. The molecular formula is C36H44N4O6. The minimum Gasteiger partial charge on any atom is -0.490 e. The first kappa shape index (κ1) is 30.6. The van der Waals surface area contributed by atoms with Gasteiger partial charge in [-0.05, 0) is 50.7 Å². The first-order chi connectivity index (χ1) is 22.7. The predicted molar refractivity (Wildman–Crippen MR) is 176 cm³/mol. The lowest BCUT2D eigenvalue weighted by Gasteiger charge is -2.21. The van der Waals surface area contributed by atoms with E-state index in [1.54, 1.807) is 0 Å². The number of rotatable bonds is 0. The Kier molecular flexibility index (Phi) is 9.39. The first-order valence-corrected chi connectivity index (χ1v) is 17.2. The molecule has 2 atom stereocenters. The second kappa shape index (κ2) is 14.1. The Bertz CT molecular complexity index is 1400. The van der Waals surface area contributed by atoms with Crippen LogP contribution in [-0.4, -0.2) is 85.6 Å². The molecule has 0 N–H and O–H groups in total. The maximum atomic E-state index is 13.4. The first-order valence-electron chi connectivity index (χ1n) is 17.2. The summed E-state index contributed by atoms with van der Waals surface area (Å²) in [7, 11) is 0. The Labute approximate surface area is 270 Å². The van der Waals surface area contributed by atoms with Crippen LogP contribution in [0.4, 0.5) is 11.4 Å². The maximum absolute atomic E-state index is 13.4. The molecule has 10 nitrogen and oxygen atoms in total. The molecule has 0 aromatic heterocycles. The van der Waals surface area contributed by atoms with Gasteiger partial charge in [-0.3, -0.25) is 19.6 Å². The molecule has 0 radical (unpaired) electrons. The van der Waals surface area contributed by atoms with Crippen molar-refractivity contribution in [3.63, 3.8) is 0 Å². The molecule has 0 unspecified atom stereocenters. The third-order valence-corrected chi connectivity index (χ3v) is 9.58. The van der Waals surface area contributed by atoms with Gasteiger partial charge in [0.25, 0.3) is 11.8 Å². The summed E-state index contributed by atoms with van der Waals surface area (Å²) in [5, 5.41) is 0. The monoisotopic (exact) mass is 628 g/mol. The number of carbonyl (C=O) groups excluding carboxylic acids is 2. The number of aliphatic imine (C=N–C) groups is 2. The summed E-state index contributed by atoms with van der Waals surface area (Å²) >= 11 is 0. The van der Waals surface area contributed by atoms with Crippen LogP contribution in [0.1, 0.15) is 97.8 Å². The highest BCUT2D eigenvalue weighted by Gasteiger charge is 2.34. The molecule has 2 aromatic carbocycles. The fourth-order valence-electron chi connectivity index (χ4n) is 7.02. The number of carbonyl (C=O) groups is 2. The minimum absolute atomic E-state index is 0.00597. The molecule has 2 amide bonds. The molecule has 0 spiro atoms. The SMILES string of the molecule is O=C1c2cc3c(cc2N=C[C@@H]2CCCN12)OCCCOc1cc2c(cc1OCCCCCCCCCO3)C(=O)N1CCC[C@H]1C=N2. The van der Waals surface area contributed by atoms with Crippen molar-refractivity contribution in [1.29, 1.82) is 0 Å². The average Bonchev–Trinajstić information content (AvgIpc) is 3.70. The molecule has 0 saturated carbocycles. The second-order valence-electron chi connectivity index (χ2n) is 12.8. The smallest absolute Gasteiger partial charge is 0.256 e. The molecule has 0 bridgehead atoms. The Hall–Kier alpha value is -4.08. The van der Waals surface area contributed by atoms with E-state index < -0.39 is 0 Å². The summed E-state index contributed by atoms with van der Waals surface area (Å²) in [6.45, 7) is 3.41. The van der Waals surface area contributed by atoms with E-state index in [9.17, 15) is 9.59 Å². The Morgan fingerprint density at radius 3 is 1.35 bits per heavy atom. The van der Waals surface area contributed by atoms with Gasteiger partial charge in [-0.15, -0.1) is 0 Å². The molecule has 2 fully saturated rings. The van der Waals surface area contributed by atoms with Crippen molar-refractivity contribution >= 4 is 35.6 Å². The Balaban J connectivity index is 1.09. The van der Waals surface area contributed by atoms with E-state index in [4.69, 9.17) is 28.9 Å². The average molecular weight is 629 g/mol. The third kappa shape index (κ3) is 6.57. The van der Waals surface area contributed by atoms with Crippen molar-refractivity contribution in [2.45, 2.75) is 89.1 Å². The molecule has 2 aromatic rings. The molecule has 46 heavy (non-hydrogen) atoms. The van der Waals surface area contributed by atoms with Crippen molar-refractivity contribution in [3.05, 3.63) is 35.4 Å². The van der Waals surface area contributed by atoms with Gasteiger partial charge in [0.2, 0.25) is 0 Å². The van der Waals surface area contributed by atoms with Crippen molar-refractivity contribution in [2.75, 3.05) is 39.5 Å². The van der Waals surface area contributed by atoms with E-state index in [0.717, 1.165) is 83.7 Å². The third-order valence-electron chi connectivity index (χ3n) is 9.58. The van der Waals surface area contributed by atoms with Gasteiger partial charge >= 0.3 is 0 Å². The summed E-state index contributed by atoms with van der Waals surface area (Å²) in [6, 6.07) is 7.41. The Morgan fingerprint density at radius 1 is 0.500 bits per heavy atom. The zero-order valence-electron chi connectivity index (χ0n) is 26.6. The van der Waals surface area contributed by atoms with Crippen LogP contribution in [0.2, 0.25) is 0 Å². The zero-order valence-corrected chi connectivity index (χ0v) is 26.6. The highest BCUT2D eigenvalue weighted by Crippen LogP contribution is 2.40. The normalized spacial score (nSPS) is 23.9. The van der Waals surface area contributed by atoms with Crippen LogP contribution in [0.25, 0.3) is 0 Å². The van der Waals surface area contributed by atoms with Crippen LogP contribution in [0.5, 0.6) is 23.0 Å². The van der Waals surface area contributed by atoms with Crippen LogP contribution >= 0.6 is 0 Å². The predicted octanol–water partition coefficient (Wildman–Crippen LogP) is 6.68. The highest BCUT2D eigenvalue weighted by atomic mass is 16.5. The molecule has 244 valence electrons. The molecule has 0 aliphatic carbocycles. The van der Waals surface area contributed by atoms with Crippen molar-refractivity contribution in [1.82, 2.24) is 9.80 Å². The van der Waals surface area contributed by atoms with E-state index in [0.29, 0.717) is 78.3 Å². The van der Waals surface area contributed by atoms with Gasteiger partial charge in [0.15, 0.2) is 23.0 Å². The zero-order chi connectivity index (χ0) is 31.3. The number of fused-ring (bicyclic) bond motifs is 6. The lowest BCUT2D eigenvalue weighted by atomic mass is 10.1. The number of hydrogen-bond acceptors (Lipinski definition) is 8. The van der Waals surface area contributed by atoms with Gasteiger partial charge in [0.1, 0.15) is 0 Å². The van der Waals surface area contributed by atoms with Crippen LogP contribution in [0, 0.1) is 0 Å². The molecule has 5 aliphatic heterocycles. The lowest BCUT2D eigenvalue weighted by molar-refractivity contribution is 0.0766. The van der Waals surface area contributed by atoms with E-state index in [2.05, 4.69) is 0 Å². The molecular weight excluding hydrogens is 584 g/mol. The standard InChI is InChI=1S/C36H44N4O6/c41-35-27-19-31-33(21-29(27)37-23-25-11-8-13-39(25)35)45-17-10-18-46-34-22-30-28(36(42)40-14-9-12-26(40)24-38-30)20-32(34)44-16-7-5-3-1-2-4-6-15-43-31/h19-26H,1-18H2/t25-,26-/m0/s1. The van der Waals surface area contributed by atoms with E-state index >= 15 is 0 Å². The fourth-order valence-corrected chi connectivity index (χ4v) is 7.02. The van der Waals surface area contributed by atoms with E-state index in [1.807, 2.05) is 46.5 Å². The van der Waals surface area contributed by atoms with E-state index in [1.165, 1.54) is 0 Å². The number of nitrogens with zero attached hydrogens (tertiary/aromatic N) is 4. The van der Waals surface area contributed by atoms with Crippen LogP contribution < -0.4 is 18.9 Å². The molecule has 5 aliphatic rings. The van der Waals surface area contributed by atoms with Crippen LogP contribution in [0.15, 0.2) is 34.3 Å².